The molecule has 35 heavy (non-hydrogen) atoms. The molecule has 0 bridgehead atoms. The number of halogens is 1. The first kappa shape index (κ1) is 23.9. The molecule has 2 fully saturated rings. The zero-order chi connectivity index (χ0) is 24.0. The first-order valence-electron chi connectivity index (χ1n) is 12.5. The van der Waals surface area contributed by atoms with E-state index in [1.165, 1.54) is 16.8 Å². The molecule has 182 valence electrons. The largest absolute Gasteiger partial charge is 0.369 e. The van der Waals surface area contributed by atoms with E-state index < -0.39 is 0 Å². The number of amides is 1. The van der Waals surface area contributed by atoms with Crippen molar-refractivity contribution in [1.82, 2.24) is 14.7 Å². The van der Waals surface area contributed by atoms with Crippen molar-refractivity contribution in [2.45, 2.75) is 13.1 Å². The van der Waals surface area contributed by atoms with Gasteiger partial charge in [0.2, 0.25) is 0 Å². The van der Waals surface area contributed by atoms with Crippen LogP contribution in [-0.2, 0) is 13.1 Å². The molecule has 0 aromatic heterocycles. The molecule has 3 aromatic rings. The van der Waals surface area contributed by atoms with Crippen molar-refractivity contribution in [2.24, 2.45) is 0 Å². The highest BCUT2D eigenvalue weighted by Crippen LogP contribution is 2.20. The van der Waals surface area contributed by atoms with Crippen LogP contribution in [0.3, 0.4) is 0 Å². The van der Waals surface area contributed by atoms with Crippen LogP contribution in [0.15, 0.2) is 78.9 Å². The van der Waals surface area contributed by atoms with Crippen LogP contribution < -0.4 is 4.90 Å². The Morgan fingerprint density at radius 1 is 0.657 bits per heavy atom. The van der Waals surface area contributed by atoms with Gasteiger partial charge >= 0.3 is 0 Å². The summed E-state index contributed by atoms with van der Waals surface area (Å²) in [7, 11) is 0. The van der Waals surface area contributed by atoms with E-state index in [0.29, 0.717) is 0 Å². The molecule has 0 atom stereocenters. The average molecular weight is 489 g/mol. The van der Waals surface area contributed by atoms with E-state index >= 15 is 0 Å². The molecule has 2 aliphatic rings. The lowest BCUT2D eigenvalue weighted by atomic mass is 10.1. The second kappa shape index (κ2) is 11.3. The van der Waals surface area contributed by atoms with E-state index in [1.807, 2.05) is 29.2 Å². The van der Waals surface area contributed by atoms with Crippen molar-refractivity contribution in [3.8, 4) is 0 Å². The molecule has 2 aliphatic heterocycles. The van der Waals surface area contributed by atoms with Gasteiger partial charge in [-0.3, -0.25) is 14.6 Å². The number of hydrogen-bond acceptors (Lipinski definition) is 4. The third-order valence-corrected chi connectivity index (χ3v) is 7.30. The topological polar surface area (TPSA) is 30.0 Å². The summed E-state index contributed by atoms with van der Waals surface area (Å²) in [5.41, 5.74) is 4.57. The van der Waals surface area contributed by atoms with Crippen molar-refractivity contribution in [2.75, 3.05) is 57.3 Å². The highest BCUT2D eigenvalue weighted by molar-refractivity contribution is 6.30. The molecule has 0 aliphatic carbocycles. The van der Waals surface area contributed by atoms with E-state index in [9.17, 15) is 4.79 Å². The van der Waals surface area contributed by atoms with Crippen molar-refractivity contribution in [3.63, 3.8) is 0 Å². The lowest BCUT2D eigenvalue weighted by molar-refractivity contribution is 0.0628. The number of rotatable bonds is 6. The molecule has 2 heterocycles. The van der Waals surface area contributed by atoms with E-state index in [-0.39, 0.29) is 5.91 Å². The summed E-state index contributed by atoms with van der Waals surface area (Å²) in [6, 6.07) is 26.9. The third kappa shape index (κ3) is 6.23. The highest BCUT2D eigenvalue weighted by atomic mass is 35.5. The first-order chi connectivity index (χ1) is 17.1. The number of carbonyl (C=O) groups excluding carboxylic acids is 1. The molecule has 0 N–H and O–H groups in total. The highest BCUT2D eigenvalue weighted by Gasteiger charge is 2.23. The Morgan fingerprint density at radius 3 is 1.94 bits per heavy atom. The van der Waals surface area contributed by atoms with E-state index in [2.05, 4.69) is 69.3 Å². The second-order valence-electron chi connectivity index (χ2n) is 9.49. The van der Waals surface area contributed by atoms with Crippen molar-refractivity contribution in [1.29, 1.82) is 0 Å². The van der Waals surface area contributed by atoms with Crippen molar-refractivity contribution < 1.29 is 4.79 Å². The van der Waals surface area contributed by atoms with E-state index in [4.69, 9.17) is 11.6 Å². The van der Waals surface area contributed by atoms with Gasteiger partial charge in [0.25, 0.3) is 5.91 Å². The number of carbonyl (C=O) groups is 1. The van der Waals surface area contributed by atoms with Gasteiger partial charge in [-0.25, -0.2) is 0 Å². The fourth-order valence-electron chi connectivity index (χ4n) is 5.01. The van der Waals surface area contributed by atoms with Crippen LogP contribution in [-0.4, -0.2) is 73.0 Å². The molecule has 6 heteroatoms. The average Bonchev–Trinajstić information content (AvgIpc) is 2.90. The van der Waals surface area contributed by atoms with Gasteiger partial charge in [-0.2, -0.15) is 0 Å². The van der Waals surface area contributed by atoms with Gasteiger partial charge in [-0.05, 0) is 47.5 Å². The van der Waals surface area contributed by atoms with Crippen LogP contribution in [0, 0.1) is 0 Å². The molecule has 2 saturated heterocycles. The second-order valence-corrected chi connectivity index (χ2v) is 9.93. The predicted octanol–water partition coefficient (Wildman–Crippen LogP) is 4.62. The quantitative estimate of drug-likeness (QED) is 0.506. The smallest absolute Gasteiger partial charge is 0.253 e. The monoisotopic (exact) mass is 488 g/mol. The lowest BCUT2D eigenvalue weighted by Crippen LogP contribution is -2.48. The van der Waals surface area contributed by atoms with Gasteiger partial charge < -0.3 is 9.80 Å². The Kier molecular flexibility index (Phi) is 7.67. The Balaban J connectivity index is 1.12. The van der Waals surface area contributed by atoms with Crippen LogP contribution in [0.5, 0.6) is 0 Å². The number of benzene rings is 3. The van der Waals surface area contributed by atoms with Crippen LogP contribution >= 0.6 is 11.6 Å². The summed E-state index contributed by atoms with van der Waals surface area (Å²) >= 11 is 6.03. The Labute approximate surface area is 213 Å². The zero-order valence-corrected chi connectivity index (χ0v) is 20.9. The molecular weight excluding hydrogens is 456 g/mol. The van der Waals surface area contributed by atoms with Gasteiger partial charge in [0.05, 0.1) is 0 Å². The molecule has 0 spiro atoms. The van der Waals surface area contributed by atoms with Gasteiger partial charge in [0, 0.05) is 81.7 Å². The maximum absolute atomic E-state index is 13.2. The van der Waals surface area contributed by atoms with Gasteiger partial charge in [0.1, 0.15) is 0 Å². The SMILES string of the molecule is O=C(c1cccc(CN2CCN(c3ccc(Cl)cc3)CC2)c1)N1CCN(Cc2ccccc2)CC1. The minimum Gasteiger partial charge on any atom is -0.369 e. The van der Waals surface area contributed by atoms with Gasteiger partial charge in [-0.15, -0.1) is 0 Å². The van der Waals surface area contributed by atoms with Crippen LogP contribution in [0.25, 0.3) is 0 Å². The van der Waals surface area contributed by atoms with Gasteiger partial charge in [0.15, 0.2) is 0 Å². The van der Waals surface area contributed by atoms with Crippen molar-refractivity contribution in [3.05, 3.63) is 101 Å². The molecule has 1 amide bonds. The number of nitrogens with zero attached hydrogens (tertiary/aromatic N) is 4. The fraction of sp³-hybridized carbons (Fsp3) is 0.345. The normalized spacial score (nSPS) is 17.5. The Bertz CT molecular complexity index is 1110. The van der Waals surface area contributed by atoms with Crippen LogP contribution in [0.4, 0.5) is 5.69 Å². The van der Waals surface area contributed by atoms with Crippen LogP contribution in [0.1, 0.15) is 21.5 Å². The third-order valence-electron chi connectivity index (χ3n) is 7.05. The predicted molar refractivity (Wildman–Crippen MR) is 143 cm³/mol. The first-order valence-corrected chi connectivity index (χ1v) is 12.9. The summed E-state index contributed by atoms with van der Waals surface area (Å²) in [6.45, 7) is 9.21. The van der Waals surface area contributed by atoms with E-state index in [1.54, 1.807) is 0 Å². The minimum absolute atomic E-state index is 0.152. The molecule has 5 nitrogen and oxygen atoms in total. The molecule has 5 rings (SSSR count). The number of piperazine rings is 2. The molecule has 0 unspecified atom stereocenters. The van der Waals surface area contributed by atoms with E-state index in [0.717, 1.165) is 76.0 Å². The summed E-state index contributed by atoms with van der Waals surface area (Å²) in [4.78, 5) is 22.5. The summed E-state index contributed by atoms with van der Waals surface area (Å²) in [5.74, 6) is 0.152. The number of hydrogen-bond donors (Lipinski definition) is 0. The Morgan fingerprint density at radius 2 is 1.26 bits per heavy atom. The standard InChI is InChI=1S/C29H33ClN4O/c30-27-9-11-28(12-10-27)33-17-13-32(14-18-33)23-25-7-4-8-26(21-25)29(35)34-19-15-31(16-20-34)22-24-5-2-1-3-6-24/h1-12,21H,13-20,22-23H2. The fourth-order valence-corrected chi connectivity index (χ4v) is 5.14. The zero-order valence-electron chi connectivity index (χ0n) is 20.2. The molecular formula is C29H33ClN4O. The summed E-state index contributed by atoms with van der Waals surface area (Å²) in [5, 5.41) is 0.774. The molecule has 0 saturated carbocycles. The van der Waals surface area contributed by atoms with Crippen LogP contribution in [0.2, 0.25) is 5.02 Å². The maximum Gasteiger partial charge on any atom is 0.253 e. The maximum atomic E-state index is 13.2. The lowest BCUT2D eigenvalue weighted by Gasteiger charge is -2.36. The summed E-state index contributed by atoms with van der Waals surface area (Å²) < 4.78 is 0. The minimum atomic E-state index is 0.152. The van der Waals surface area contributed by atoms with Crippen molar-refractivity contribution >= 4 is 23.2 Å². The Hall–Kier alpha value is -2.86. The molecule has 0 radical (unpaired) electrons. The summed E-state index contributed by atoms with van der Waals surface area (Å²) in [6.07, 6.45) is 0. The number of anilines is 1. The molecule has 3 aromatic carbocycles. The van der Waals surface area contributed by atoms with Gasteiger partial charge in [-0.1, -0.05) is 54.1 Å².